The van der Waals surface area contributed by atoms with Gasteiger partial charge in [-0.3, -0.25) is 4.79 Å². The summed E-state index contributed by atoms with van der Waals surface area (Å²) in [6.45, 7) is 5.88. The van der Waals surface area contributed by atoms with Gasteiger partial charge in [-0.1, -0.05) is 19.9 Å². The molecule has 1 aromatic rings. The van der Waals surface area contributed by atoms with E-state index in [0.717, 1.165) is 6.26 Å². The van der Waals surface area contributed by atoms with Crippen molar-refractivity contribution in [3.8, 4) is 0 Å². The zero-order valence-corrected chi connectivity index (χ0v) is 13.7. The molecule has 0 aromatic heterocycles. The topological polar surface area (TPSA) is 83.5 Å². The smallest absolute Gasteiger partial charge is 0.251 e. The molecule has 1 aromatic carbocycles. The second-order valence-electron chi connectivity index (χ2n) is 5.74. The summed E-state index contributed by atoms with van der Waals surface area (Å²) in [5.74, 6) is -0.0343. The average Bonchev–Trinajstić information content (AvgIpc) is 2.34. The summed E-state index contributed by atoms with van der Waals surface area (Å²) < 4.78 is 23.1. The fourth-order valence-corrected chi connectivity index (χ4v) is 2.66. The number of hydrogen-bond donors (Lipinski definition) is 2. The minimum absolute atomic E-state index is 0.112. The van der Waals surface area contributed by atoms with Gasteiger partial charge in [0.25, 0.3) is 5.91 Å². The molecule has 1 atom stereocenters. The van der Waals surface area contributed by atoms with Crippen LogP contribution in [-0.4, -0.2) is 38.3 Å². The number of carbonyl (C=O) groups is 1. The quantitative estimate of drug-likeness (QED) is 0.834. The van der Waals surface area contributed by atoms with Gasteiger partial charge < -0.3 is 10.4 Å². The second kappa shape index (κ2) is 7.04. The molecule has 118 valence electrons. The number of nitrogens with one attached hydrogen (secondary N) is 1. The Labute approximate surface area is 126 Å². The molecule has 0 saturated carbocycles. The summed E-state index contributed by atoms with van der Waals surface area (Å²) >= 11 is 0. The second-order valence-corrected chi connectivity index (χ2v) is 7.76. The third kappa shape index (κ3) is 5.47. The van der Waals surface area contributed by atoms with Crippen LogP contribution in [0.1, 0.15) is 36.2 Å². The number of aliphatic hydroxyl groups excluding tert-OH is 1. The molecule has 0 heterocycles. The van der Waals surface area contributed by atoms with E-state index in [2.05, 4.69) is 5.32 Å². The van der Waals surface area contributed by atoms with Gasteiger partial charge in [-0.2, -0.15) is 0 Å². The van der Waals surface area contributed by atoms with E-state index in [1.54, 1.807) is 13.0 Å². The van der Waals surface area contributed by atoms with Crippen LogP contribution >= 0.6 is 0 Å². The van der Waals surface area contributed by atoms with Gasteiger partial charge in [0.1, 0.15) is 0 Å². The summed E-state index contributed by atoms with van der Waals surface area (Å²) in [4.78, 5) is 12.2. The molecule has 0 saturated heterocycles. The van der Waals surface area contributed by atoms with Gasteiger partial charge in [-0.25, -0.2) is 8.42 Å². The average molecular weight is 313 g/mol. The first-order chi connectivity index (χ1) is 9.61. The third-order valence-electron chi connectivity index (χ3n) is 3.12. The van der Waals surface area contributed by atoms with Crippen molar-refractivity contribution in [1.82, 2.24) is 5.32 Å². The lowest BCUT2D eigenvalue weighted by molar-refractivity contribution is 0.0899. The fraction of sp³-hybridized carbons (Fsp3) is 0.533. The van der Waals surface area contributed by atoms with Crippen molar-refractivity contribution in [2.75, 3.05) is 12.8 Å². The molecule has 0 aliphatic heterocycles. The van der Waals surface area contributed by atoms with E-state index < -0.39 is 15.9 Å². The molecule has 0 radical (unpaired) electrons. The lowest BCUT2D eigenvalue weighted by atomic mass is 10.1. The Balaban J connectivity index is 2.83. The first-order valence-corrected chi connectivity index (χ1v) is 8.77. The number of benzene rings is 1. The molecule has 6 heteroatoms. The molecule has 0 fully saturated rings. The molecule has 0 spiro atoms. The highest BCUT2D eigenvalue weighted by Gasteiger charge is 2.15. The molecule has 2 N–H and O–H groups in total. The van der Waals surface area contributed by atoms with Crippen molar-refractivity contribution < 1.29 is 18.3 Å². The zero-order valence-electron chi connectivity index (χ0n) is 12.9. The van der Waals surface area contributed by atoms with E-state index in [-0.39, 0.29) is 17.3 Å². The highest BCUT2D eigenvalue weighted by molar-refractivity contribution is 7.90. The molecule has 1 amide bonds. The van der Waals surface area contributed by atoms with E-state index in [1.807, 2.05) is 13.8 Å². The van der Waals surface area contributed by atoms with Crippen molar-refractivity contribution in [2.45, 2.75) is 38.2 Å². The maximum absolute atomic E-state index is 12.1. The summed E-state index contributed by atoms with van der Waals surface area (Å²) in [5.41, 5.74) is 1.01. The van der Waals surface area contributed by atoms with Crippen molar-refractivity contribution in [2.24, 2.45) is 5.92 Å². The standard InChI is InChI=1S/C15H23NO4S/c1-10(2)7-12(17)9-16-15(18)14-8-13(21(4,19)20)6-5-11(14)3/h5-6,8,10,12,17H,7,9H2,1-4H3,(H,16,18). The molecule has 0 aliphatic carbocycles. The normalized spacial score (nSPS) is 13.2. The van der Waals surface area contributed by atoms with Gasteiger partial charge in [0.05, 0.1) is 11.0 Å². The van der Waals surface area contributed by atoms with Crippen molar-refractivity contribution in [1.29, 1.82) is 0 Å². The summed E-state index contributed by atoms with van der Waals surface area (Å²) in [6.07, 6.45) is 1.10. The van der Waals surface area contributed by atoms with Crippen LogP contribution in [0.5, 0.6) is 0 Å². The Morgan fingerprint density at radius 1 is 1.33 bits per heavy atom. The number of rotatable bonds is 6. The Morgan fingerprint density at radius 3 is 2.48 bits per heavy atom. The maximum atomic E-state index is 12.1. The van der Waals surface area contributed by atoms with Gasteiger partial charge in [0.2, 0.25) is 0 Å². The first-order valence-electron chi connectivity index (χ1n) is 6.88. The maximum Gasteiger partial charge on any atom is 0.251 e. The monoisotopic (exact) mass is 313 g/mol. The van der Waals surface area contributed by atoms with Crippen LogP contribution < -0.4 is 5.32 Å². The first kappa shape index (κ1) is 17.7. The molecule has 1 unspecified atom stereocenters. The number of hydrogen-bond acceptors (Lipinski definition) is 4. The van der Waals surface area contributed by atoms with Gasteiger partial charge in [0.15, 0.2) is 9.84 Å². The number of amides is 1. The number of carbonyl (C=O) groups excluding carboxylic acids is 1. The lowest BCUT2D eigenvalue weighted by Gasteiger charge is -2.15. The van der Waals surface area contributed by atoms with E-state index in [0.29, 0.717) is 23.5 Å². The number of aryl methyl sites for hydroxylation is 1. The summed E-state index contributed by atoms with van der Waals surface area (Å²) in [6, 6.07) is 4.46. The minimum atomic E-state index is -3.35. The Morgan fingerprint density at radius 2 is 1.95 bits per heavy atom. The summed E-state index contributed by atoms with van der Waals surface area (Å²) in [7, 11) is -3.35. The molecular weight excluding hydrogens is 290 g/mol. The Hall–Kier alpha value is -1.40. The predicted octanol–water partition coefficient (Wildman–Crippen LogP) is 1.54. The van der Waals surface area contributed by atoms with E-state index >= 15 is 0 Å². The van der Waals surface area contributed by atoms with E-state index in [4.69, 9.17) is 0 Å². The van der Waals surface area contributed by atoms with Crippen LogP contribution in [0.25, 0.3) is 0 Å². The Kier molecular flexibility index (Phi) is 5.92. The minimum Gasteiger partial charge on any atom is -0.391 e. The molecule has 5 nitrogen and oxygen atoms in total. The SMILES string of the molecule is Cc1ccc(S(C)(=O)=O)cc1C(=O)NCC(O)CC(C)C. The van der Waals surface area contributed by atoms with Crippen LogP contribution in [-0.2, 0) is 9.84 Å². The third-order valence-corrected chi connectivity index (χ3v) is 4.23. The van der Waals surface area contributed by atoms with E-state index in [1.165, 1.54) is 12.1 Å². The van der Waals surface area contributed by atoms with Crippen LogP contribution in [0.15, 0.2) is 23.1 Å². The van der Waals surface area contributed by atoms with Crippen molar-refractivity contribution in [3.63, 3.8) is 0 Å². The molecule has 0 bridgehead atoms. The van der Waals surface area contributed by atoms with Crippen molar-refractivity contribution in [3.05, 3.63) is 29.3 Å². The highest BCUT2D eigenvalue weighted by atomic mass is 32.2. The van der Waals surface area contributed by atoms with Gasteiger partial charge in [-0.05, 0) is 37.0 Å². The fourth-order valence-electron chi connectivity index (χ4n) is 2.01. The van der Waals surface area contributed by atoms with Gasteiger partial charge in [0, 0.05) is 18.4 Å². The number of sulfone groups is 1. The molecule has 21 heavy (non-hydrogen) atoms. The number of aliphatic hydroxyl groups is 1. The Bertz CT molecular complexity index is 608. The molecule has 0 aliphatic rings. The van der Waals surface area contributed by atoms with Crippen LogP contribution in [0, 0.1) is 12.8 Å². The summed E-state index contributed by atoms with van der Waals surface area (Å²) in [5, 5.41) is 12.4. The molecular formula is C15H23NO4S. The van der Waals surface area contributed by atoms with E-state index in [9.17, 15) is 18.3 Å². The predicted molar refractivity (Wildman–Crippen MR) is 82.1 cm³/mol. The highest BCUT2D eigenvalue weighted by Crippen LogP contribution is 2.15. The van der Waals surface area contributed by atoms with Gasteiger partial charge in [-0.15, -0.1) is 0 Å². The van der Waals surface area contributed by atoms with Crippen LogP contribution in [0.3, 0.4) is 0 Å². The van der Waals surface area contributed by atoms with Crippen LogP contribution in [0.4, 0.5) is 0 Å². The van der Waals surface area contributed by atoms with Crippen molar-refractivity contribution >= 4 is 15.7 Å². The zero-order chi connectivity index (χ0) is 16.2. The lowest BCUT2D eigenvalue weighted by Crippen LogP contribution is -2.33. The van der Waals surface area contributed by atoms with Gasteiger partial charge >= 0.3 is 0 Å². The largest absolute Gasteiger partial charge is 0.391 e. The molecule has 1 rings (SSSR count). The van der Waals surface area contributed by atoms with Crippen LogP contribution in [0.2, 0.25) is 0 Å².